The third-order valence-corrected chi connectivity index (χ3v) is 2.89. The second-order valence-corrected chi connectivity index (χ2v) is 4.02. The summed E-state index contributed by atoms with van der Waals surface area (Å²) in [5.41, 5.74) is 2.45. The molecule has 0 fully saturated rings. The molecule has 0 unspecified atom stereocenters. The van der Waals surface area contributed by atoms with Gasteiger partial charge in [-0.15, -0.1) is 0 Å². The molecule has 0 bridgehead atoms. The smallest absolute Gasteiger partial charge is 0.310 e. The molecular weight excluding hydrogens is 219 g/mol. The van der Waals surface area contributed by atoms with Crippen molar-refractivity contribution in [3.63, 3.8) is 0 Å². The van der Waals surface area contributed by atoms with E-state index in [9.17, 15) is 9.18 Å². The lowest BCUT2D eigenvalue weighted by Gasteiger charge is -2.17. The second kappa shape index (κ2) is 5.13. The fourth-order valence-electron chi connectivity index (χ4n) is 2.15. The number of halogens is 1. The standard InChI is InChI=1S/C14H15FO2/c1-2-17-14(16)9-10-5-3-7-12-11(10)6-4-8-13(12)15/h4-6,8H,2-3,7,9H2,1H3. The summed E-state index contributed by atoms with van der Waals surface area (Å²) in [4.78, 5) is 11.4. The van der Waals surface area contributed by atoms with Gasteiger partial charge in [-0.1, -0.05) is 18.2 Å². The molecule has 0 saturated carbocycles. The van der Waals surface area contributed by atoms with Crippen LogP contribution in [0.25, 0.3) is 5.57 Å². The van der Waals surface area contributed by atoms with Gasteiger partial charge in [0.05, 0.1) is 13.0 Å². The van der Waals surface area contributed by atoms with Gasteiger partial charge >= 0.3 is 5.97 Å². The lowest BCUT2D eigenvalue weighted by Crippen LogP contribution is -2.09. The molecule has 1 aromatic rings. The highest BCUT2D eigenvalue weighted by molar-refractivity contribution is 5.86. The number of allylic oxidation sites excluding steroid dienone is 1. The fourth-order valence-corrected chi connectivity index (χ4v) is 2.15. The first kappa shape index (κ1) is 11.8. The molecule has 0 aliphatic heterocycles. The third kappa shape index (κ3) is 2.54. The first-order valence-corrected chi connectivity index (χ1v) is 5.84. The maximum Gasteiger partial charge on any atom is 0.310 e. The van der Waals surface area contributed by atoms with Gasteiger partial charge in [0.1, 0.15) is 5.82 Å². The van der Waals surface area contributed by atoms with Gasteiger partial charge in [-0.25, -0.2) is 4.39 Å². The van der Waals surface area contributed by atoms with Crippen LogP contribution in [-0.2, 0) is 16.0 Å². The summed E-state index contributed by atoms with van der Waals surface area (Å²) in [6.07, 6.45) is 3.71. The van der Waals surface area contributed by atoms with Crippen molar-refractivity contribution in [3.05, 3.63) is 41.2 Å². The average molecular weight is 234 g/mol. The van der Waals surface area contributed by atoms with Gasteiger partial charge in [0.25, 0.3) is 0 Å². The summed E-state index contributed by atoms with van der Waals surface area (Å²) in [5, 5.41) is 0. The molecule has 0 amide bonds. The monoisotopic (exact) mass is 234 g/mol. The van der Waals surface area contributed by atoms with E-state index in [4.69, 9.17) is 4.74 Å². The van der Waals surface area contributed by atoms with Crippen LogP contribution in [0, 0.1) is 5.82 Å². The predicted molar refractivity (Wildman–Crippen MR) is 63.9 cm³/mol. The molecule has 0 N–H and O–H groups in total. The van der Waals surface area contributed by atoms with Gasteiger partial charge in [0, 0.05) is 0 Å². The molecule has 0 atom stereocenters. The Bertz CT molecular complexity index is 463. The molecule has 1 aliphatic rings. The van der Waals surface area contributed by atoms with Crippen LogP contribution >= 0.6 is 0 Å². The van der Waals surface area contributed by atoms with Crippen LogP contribution in [-0.4, -0.2) is 12.6 Å². The Morgan fingerprint density at radius 3 is 3.06 bits per heavy atom. The van der Waals surface area contributed by atoms with Crippen molar-refractivity contribution in [3.8, 4) is 0 Å². The zero-order chi connectivity index (χ0) is 12.3. The number of benzene rings is 1. The number of hydrogen-bond acceptors (Lipinski definition) is 2. The van der Waals surface area contributed by atoms with Crippen LogP contribution in [0.4, 0.5) is 4.39 Å². The normalized spacial score (nSPS) is 13.9. The molecular formula is C14H15FO2. The van der Waals surface area contributed by atoms with Gasteiger partial charge < -0.3 is 4.74 Å². The van der Waals surface area contributed by atoms with E-state index < -0.39 is 0 Å². The van der Waals surface area contributed by atoms with Crippen molar-refractivity contribution in [2.24, 2.45) is 0 Å². The summed E-state index contributed by atoms with van der Waals surface area (Å²) in [5.74, 6) is -0.437. The number of esters is 1. The predicted octanol–water partition coefficient (Wildman–Crippen LogP) is 3.11. The third-order valence-electron chi connectivity index (χ3n) is 2.89. The number of rotatable bonds is 3. The molecule has 0 spiro atoms. The van der Waals surface area contributed by atoms with E-state index in [1.165, 1.54) is 6.07 Å². The van der Waals surface area contributed by atoms with Gasteiger partial charge in [-0.3, -0.25) is 4.79 Å². The van der Waals surface area contributed by atoms with E-state index in [-0.39, 0.29) is 18.2 Å². The van der Waals surface area contributed by atoms with E-state index in [2.05, 4.69) is 0 Å². The van der Waals surface area contributed by atoms with Crippen LogP contribution in [0.5, 0.6) is 0 Å². The molecule has 0 saturated heterocycles. The summed E-state index contributed by atoms with van der Waals surface area (Å²) >= 11 is 0. The number of carbonyl (C=O) groups excluding carboxylic acids is 1. The molecule has 0 heterocycles. The first-order chi connectivity index (χ1) is 8.22. The maximum absolute atomic E-state index is 13.6. The van der Waals surface area contributed by atoms with E-state index in [1.54, 1.807) is 13.0 Å². The highest BCUT2D eigenvalue weighted by atomic mass is 19.1. The Kier molecular flexibility index (Phi) is 3.57. The number of hydrogen-bond donors (Lipinski definition) is 0. The average Bonchev–Trinajstić information content (AvgIpc) is 2.31. The first-order valence-electron chi connectivity index (χ1n) is 5.84. The van der Waals surface area contributed by atoms with Crippen LogP contribution < -0.4 is 0 Å². The number of fused-ring (bicyclic) bond motifs is 1. The van der Waals surface area contributed by atoms with Crippen molar-refractivity contribution in [2.45, 2.75) is 26.2 Å². The summed E-state index contributed by atoms with van der Waals surface area (Å²) < 4.78 is 18.5. The largest absolute Gasteiger partial charge is 0.466 e. The summed E-state index contributed by atoms with van der Waals surface area (Å²) in [7, 11) is 0. The molecule has 2 rings (SSSR count). The van der Waals surface area contributed by atoms with E-state index in [0.29, 0.717) is 18.6 Å². The van der Waals surface area contributed by atoms with Crippen molar-refractivity contribution < 1.29 is 13.9 Å². The topological polar surface area (TPSA) is 26.3 Å². The lowest BCUT2D eigenvalue weighted by atomic mass is 9.89. The number of ether oxygens (including phenoxy) is 1. The Morgan fingerprint density at radius 2 is 2.29 bits per heavy atom. The van der Waals surface area contributed by atoms with Crippen molar-refractivity contribution in [1.82, 2.24) is 0 Å². The minimum Gasteiger partial charge on any atom is -0.466 e. The zero-order valence-corrected chi connectivity index (χ0v) is 9.83. The summed E-state index contributed by atoms with van der Waals surface area (Å²) in [6, 6.07) is 5.01. The Hall–Kier alpha value is -1.64. The van der Waals surface area contributed by atoms with Crippen LogP contribution in [0.1, 0.15) is 30.9 Å². The lowest BCUT2D eigenvalue weighted by molar-refractivity contribution is -0.141. The molecule has 90 valence electrons. The quantitative estimate of drug-likeness (QED) is 0.751. The minimum absolute atomic E-state index is 0.183. The molecule has 2 nitrogen and oxygen atoms in total. The van der Waals surface area contributed by atoms with Crippen molar-refractivity contribution >= 4 is 11.5 Å². The second-order valence-electron chi connectivity index (χ2n) is 4.02. The highest BCUT2D eigenvalue weighted by Gasteiger charge is 2.18. The maximum atomic E-state index is 13.6. The minimum atomic E-state index is -0.254. The highest BCUT2D eigenvalue weighted by Crippen LogP contribution is 2.30. The Morgan fingerprint density at radius 1 is 1.47 bits per heavy atom. The van der Waals surface area contributed by atoms with Gasteiger partial charge in [-0.05, 0) is 42.5 Å². The molecule has 0 radical (unpaired) electrons. The van der Waals surface area contributed by atoms with E-state index >= 15 is 0 Å². The van der Waals surface area contributed by atoms with Crippen LogP contribution in [0.15, 0.2) is 24.3 Å². The number of carbonyl (C=O) groups is 1. The van der Waals surface area contributed by atoms with Crippen molar-refractivity contribution in [1.29, 1.82) is 0 Å². The molecule has 1 aliphatic carbocycles. The fraction of sp³-hybridized carbons (Fsp3) is 0.357. The van der Waals surface area contributed by atoms with Crippen LogP contribution in [0.3, 0.4) is 0 Å². The van der Waals surface area contributed by atoms with Gasteiger partial charge in [0.15, 0.2) is 0 Å². The Labute approximate surface area is 100 Å². The zero-order valence-electron chi connectivity index (χ0n) is 9.83. The van der Waals surface area contributed by atoms with Crippen LogP contribution in [0.2, 0.25) is 0 Å². The van der Waals surface area contributed by atoms with E-state index in [0.717, 1.165) is 17.6 Å². The van der Waals surface area contributed by atoms with Crippen molar-refractivity contribution in [2.75, 3.05) is 6.61 Å². The van der Waals surface area contributed by atoms with Gasteiger partial charge in [0.2, 0.25) is 0 Å². The SMILES string of the molecule is CCOC(=O)CC1=CCCc2c(F)cccc21. The molecule has 1 aromatic carbocycles. The summed E-state index contributed by atoms with van der Waals surface area (Å²) in [6.45, 7) is 2.16. The van der Waals surface area contributed by atoms with Gasteiger partial charge in [-0.2, -0.15) is 0 Å². The molecule has 17 heavy (non-hydrogen) atoms. The molecule has 0 aromatic heterocycles. The van der Waals surface area contributed by atoms with E-state index in [1.807, 2.05) is 12.1 Å². The Balaban J connectivity index is 2.24. The molecule has 3 heteroatoms.